The van der Waals surface area contributed by atoms with Crippen molar-refractivity contribution in [2.75, 3.05) is 5.32 Å². The van der Waals surface area contributed by atoms with Gasteiger partial charge in [0.15, 0.2) is 0 Å². The Labute approximate surface area is 174 Å². The molecule has 0 radical (unpaired) electrons. The molecule has 154 valence electrons. The molecule has 0 spiro atoms. The molecular formula is C24H22F2N2O2. The highest BCUT2D eigenvalue weighted by Gasteiger charge is 2.25. The van der Waals surface area contributed by atoms with Crippen molar-refractivity contribution in [2.24, 2.45) is 0 Å². The number of hydrogen-bond donors (Lipinski definition) is 1. The fraction of sp³-hybridized carbons (Fsp3) is 0.167. The van der Waals surface area contributed by atoms with Gasteiger partial charge in [-0.05, 0) is 42.3 Å². The van der Waals surface area contributed by atoms with Crippen molar-refractivity contribution in [3.8, 4) is 0 Å². The van der Waals surface area contributed by atoms with E-state index in [1.807, 2.05) is 43.3 Å². The van der Waals surface area contributed by atoms with Crippen molar-refractivity contribution in [3.05, 3.63) is 101 Å². The van der Waals surface area contributed by atoms with Crippen molar-refractivity contribution < 1.29 is 18.4 Å². The van der Waals surface area contributed by atoms with E-state index in [9.17, 15) is 18.4 Å². The molecule has 0 saturated carbocycles. The maximum absolute atomic E-state index is 14.3. The van der Waals surface area contributed by atoms with E-state index in [0.717, 1.165) is 23.3 Å². The van der Waals surface area contributed by atoms with Gasteiger partial charge in [0.25, 0.3) is 5.91 Å². The van der Waals surface area contributed by atoms with Crippen LogP contribution in [0.2, 0.25) is 0 Å². The lowest BCUT2D eigenvalue weighted by atomic mass is 10.0. The fourth-order valence-corrected chi connectivity index (χ4v) is 3.24. The van der Waals surface area contributed by atoms with E-state index in [1.54, 1.807) is 18.2 Å². The summed E-state index contributed by atoms with van der Waals surface area (Å²) in [5.74, 6) is -2.40. The number of carbonyl (C=O) groups excluding carboxylic acids is 2. The molecule has 6 heteroatoms. The maximum atomic E-state index is 14.3. The minimum absolute atomic E-state index is 0.197. The Bertz CT molecular complexity index is 1050. The standard InChI is InChI=1S/C24H22F2N2O2/c1-16(19-9-6-10-21(13-19)27-17(2)29)28(15-18-7-4-3-5-8-18)24(30)22-12-11-20(25)14-23(22)26/h3-14,16H,15H2,1-2H3,(H,27,29). The van der Waals surface area contributed by atoms with Gasteiger partial charge in [0.05, 0.1) is 11.6 Å². The highest BCUT2D eigenvalue weighted by molar-refractivity contribution is 5.95. The molecule has 0 aliphatic rings. The lowest BCUT2D eigenvalue weighted by molar-refractivity contribution is -0.114. The molecule has 0 bridgehead atoms. The average Bonchev–Trinajstić information content (AvgIpc) is 2.71. The van der Waals surface area contributed by atoms with Crippen LogP contribution in [-0.2, 0) is 11.3 Å². The number of nitrogens with zero attached hydrogens (tertiary/aromatic N) is 1. The van der Waals surface area contributed by atoms with Gasteiger partial charge in [-0.3, -0.25) is 9.59 Å². The van der Waals surface area contributed by atoms with Gasteiger partial charge in [0.2, 0.25) is 5.91 Å². The molecule has 0 fully saturated rings. The SMILES string of the molecule is CC(=O)Nc1cccc(C(C)N(Cc2ccccc2)C(=O)c2ccc(F)cc2F)c1. The predicted molar refractivity (Wildman–Crippen MR) is 112 cm³/mol. The van der Waals surface area contributed by atoms with Gasteiger partial charge in [-0.15, -0.1) is 0 Å². The normalized spacial score (nSPS) is 11.6. The number of amides is 2. The third kappa shape index (κ3) is 5.08. The summed E-state index contributed by atoms with van der Waals surface area (Å²) in [6.45, 7) is 3.48. The second-order valence-electron chi connectivity index (χ2n) is 7.03. The molecule has 30 heavy (non-hydrogen) atoms. The maximum Gasteiger partial charge on any atom is 0.257 e. The Morgan fingerprint density at radius 1 is 0.967 bits per heavy atom. The molecule has 3 rings (SSSR count). The predicted octanol–water partition coefficient (Wildman–Crippen LogP) is 5.33. The van der Waals surface area contributed by atoms with E-state index in [-0.39, 0.29) is 18.0 Å². The second-order valence-corrected chi connectivity index (χ2v) is 7.03. The van der Waals surface area contributed by atoms with Crippen LogP contribution in [0.15, 0.2) is 72.8 Å². The van der Waals surface area contributed by atoms with Crippen molar-refractivity contribution in [1.82, 2.24) is 4.90 Å². The van der Waals surface area contributed by atoms with Crippen LogP contribution in [0.4, 0.5) is 14.5 Å². The summed E-state index contributed by atoms with van der Waals surface area (Å²) in [7, 11) is 0. The highest BCUT2D eigenvalue weighted by Crippen LogP contribution is 2.27. The smallest absolute Gasteiger partial charge is 0.257 e. The first-order valence-corrected chi connectivity index (χ1v) is 9.52. The first kappa shape index (κ1) is 21.2. The van der Waals surface area contributed by atoms with Gasteiger partial charge in [-0.2, -0.15) is 0 Å². The zero-order valence-electron chi connectivity index (χ0n) is 16.7. The number of carbonyl (C=O) groups is 2. The minimum atomic E-state index is -0.905. The highest BCUT2D eigenvalue weighted by atomic mass is 19.1. The summed E-state index contributed by atoms with van der Waals surface area (Å²) < 4.78 is 27.7. The van der Waals surface area contributed by atoms with E-state index in [0.29, 0.717) is 11.8 Å². The van der Waals surface area contributed by atoms with Crippen LogP contribution >= 0.6 is 0 Å². The Morgan fingerprint density at radius 3 is 2.37 bits per heavy atom. The summed E-state index contributed by atoms with van der Waals surface area (Å²) in [5.41, 5.74) is 2.05. The van der Waals surface area contributed by atoms with E-state index in [4.69, 9.17) is 0 Å². The Kier molecular flexibility index (Phi) is 6.57. The summed E-state index contributed by atoms with van der Waals surface area (Å²) in [4.78, 5) is 26.2. The number of anilines is 1. The second kappa shape index (κ2) is 9.31. The topological polar surface area (TPSA) is 49.4 Å². The third-order valence-electron chi connectivity index (χ3n) is 4.78. The molecular weight excluding hydrogens is 386 g/mol. The van der Waals surface area contributed by atoms with Gasteiger partial charge >= 0.3 is 0 Å². The average molecular weight is 408 g/mol. The Balaban J connectivity index is 1.98. The molecule has 3 aromatic rings. The molecule has 1 N–H and O–H groups in total. The van der Waals surface area contributed by atoms with Crippen LogP contribution in [0.25, 0.3) is 0 Å². The van der Waals surface area contributed by atoms with Crippen molar-refractivity contribution in [3.63, 3.8) is 0 Å². The Hall–Kier alpha value is -3.54. The number of rotatable bonds is 6. The molecule has 0 heterocycles. The van der Waals surface area contributed by atoms with E-state index >= 15 is 0 Å². The van der Waals surface area contributed by atoms with Gasteiger partial charge in [0.1, 0.15) is 11.6 Å². The molecule has 0 aromatic heterocycles. The lowest BCUT2D eigenvalue weighted by Gasteiger charge is -2.30. The van der Waals surface area contributed by atoms with Gasteiger partial charge in [0, 0.05) is 25.2 Å². The largest absolute Gasteiger partial charge is 0.327 e. The third-order valence-corrected chi connectivity index (χ3v) is 4.78. The van der Waals surface area contributed by atoms with Crippen LogP contribution in [0.3, 0.4) is 0 Å². The first-order valence-electron chi connectivity index (χ1n) is 9.52. The molecule has 0 saturated heterocycles. The molecule has 0 aliphatic carbocycles. The number of hydrogen-bond acceptors (Lipinski definition) is 2. The van der Waals surface area contributed by atoms with E-state index in [2.05, 4.69) is 5.32 Å². The molecule has 4 nitrogen and oxygen atoms in total. The molecule has 3 aromatic carbocycles. The zero-order chi connectivity index (χ0) is 21.7. The van der Waals surface area contributed by atoms with Crippen molar-refractivity contribution in [2.45, 2.75) is 26.4 Å². The molecule has 2 amide bonds. The van der Waals surface area contributed by atoms with E-state index in [1.165, 1.54) is 11.8 Å². The summed E-state index contributed by atoms with van der Waals surface area (Å²) in [5, 5.41) is 2.72. The number of nitrogens with one attached hydrogen (secondary N) is 1. The number of halogens is 2. The summed E-state index contributed by atoms with van der Waals surface area (Å²) in [6, 6.07) is 19.0. The monoisotopic (exact) mass is 408 g/mol. The lowest BCUT2D eigenvalue weighted by Crippen LogP contribution is -2.33. The minimum Gasteiger partial charge on any atom is -0.327 e. The van der Waals surface area contributed by atoms with Crippen LogP contribution in [0.5, 0.6) is 0 Å². The number of benzene rings is 3. The van der Waals surface area contributed by atoms with Crippen LogP contribution in [-0.4, -0.2) is 16.7 Å². The molecule has 1 unspecified atom stereocenters. The van der Waals surface area contributed by atoms with Gasteiger partial charge in [-0.1, -0.05) is 42.5 Å². The van der Waals surface area contributed by atoms with Crippen LogP contribution < -0.4 is 5.32 Å². The van der Waals surface area contributed by atoms with Gasteiger partial charge in [-0.25, -0.2) is 8.78 Å². The molecule has 0 aliphatic heterocycles. The summed E-state index contributed by atoms with van der Waals surface area (Å²) >= 11 is 0. The Morgan fingerprint density at radius 2 is 1.70 bits per heavy atom. The van der Waals surface area contributed by atoms with Crippen molar-refractivity contribution in [1.29, 1.82) is 0 Å². The van der Waals surface area contributed by atoms with Crippen molar-refractivity contribution >= 4 is 17.5 Å². The van der Waals surface area contributed by atoms with Crippen LogP contribution in [0.1, 0.15) is 41.4 Å². The molecule has 1 atom stereocenters. The summed E-state index contributed by atoms with van der Waals surface area (Å²) in [6.07, 6.45) is 0. The van der Waals surface area contributed by atoms with Crippen LogP contribution in [0, 0.1) is 11.6 Å². The zero-order valence-corrected chi connectivity index (χ0v) is 16.7. The van der Waals surface area contributed by atoms with Gasteiger partial charge < -0.3 is 10.2 Å². The fourth-order valence-electron chi connectivity index (χ4n) is 3.24. The first-order chi connectivity index (χ1) is 14.3. The van der Waals surface area contributed by atoms with E-state index < -0.39 is 23.6 Å². The quantitative estimate of drug-likeness (QED) is 0.600.